The predicted octanol–water partition coefficient (Wildman–Crippen LogP) is 0.968. The number of aliphatic hydroxyl groups is 1. The van der Waals surface area contributed by atoms with Crippen LogP contribution in [0.2, 0.25) is 0 Å². The molecule has 0 spiro atoms. The molecule has 0 saturated carbocycles. The quantitative estimate of drug-likeness (QED) is 0.726. The first-order valence-electron chi connectivity index (χ1n) is 4.44. The zero-order valence-corrected chi connectivity index (χ0v) is 7.99. The lowest BCUT2D eigenvalue weighted by Gasteiger charge is -2.09. The molecule has 0 radical (unpaired) electrons. The Kier molecular flexibility index (Phi) is 3.64. The second kappa shape index (κ2) is 4.77. The van der Waals surface area contributed by atoms with Gasteiger partial charge in [-0.15, -0.1) is 0 Å². The van der Waals surface area contributed by atoms with Gasteiger partial charge in [0.25, 0.3) is 0 Å². The number of aliphatic hydroxyl groups excluding tert-OH is 1. The zero-order valence-electron chi connectivity index (χ0n) is 7.99. The van der Waals surface area contributed by atoms with E-state index in [4.69, 9.17) is 0 Å². The normalized spacial score (nSPS) is 12.5. The molecule has 72 valence electrons. The molecule has 2 N–H and O–H groups in total. The first-order valence-corrected chi connectivity index (χ1v) is 4.44. The average Bonchev–Trinajstić information content (AvgIpc) is 2.14. The van der Waals surface area contributed by atoms with Crippen LogP contribution < -0.4 is 5.32 Å². The molecule has 1 rings (SSSR count). The first kappa shape index (κ1) is 9.92. The summed E-state index contributed by atoms with van der Waals surface area (Å²) in [5.74, 6) is 1.50. The van der Waals surface area contributed by atoms with Crippen LogP contribution in [0.25, 0.3) is 0 Å². The summed E-state index contributed by atoms with van der Waals surface area (Å²) in [6, 6.07) is 1.79. The maximum atomic E-state index is 9.28. The highest BCUT2D eigenvalue weighted by molar-refractivity contribution is 5.32. The second-order valence-corrected chi connectivity index (χ2v) is 2.93. The molecule has 1 atom stereocenters. The number of hydrogen-bond donors (Lipinski definition) is 2. The van der Waals surface area contributed by atoms with Crippen molar-refractivity contribution in [3.8, 4) is 0 Å². The molecule has 0 fully saturated rings. The Labute approximate surface area is 78.0 Å². The van der Waals surface area contributed by atoms with Crippen LogP contribution >= 0.6 is 0 Å². The van der Waals surface area contributed by atoms with Crippen LogP contribution in [0.3, 0.4) is 0 Å². The molecule has 1 heterocycles. The van der Waals surface area contributed by atoms with Gasteiger partial charge in [-0.05, 0) is 19.4 Å². The molecule has 0 aromatic carbocycles. The van der Waals surface area contributed by atoms with E-state index in [2.05, 4.69) is 15.3 Å². The van der Waals surface area contributed by atoms with Crippen molar-refractivity contribution in [2.45, 2.75) is 26.4 Å². The van der Waals surface area contributed by atoms with Gasteiger partial charge in [-0.3, -0.25) is 0 Å². The van der Waals surface area contributed by atoms with E-state index in [1.54, 1.807) is 12.3 Å². The van der Waals surface area contributed by atoms with E-state index in [0.29, 0.717) is 6.54 Å². The van der Waals surface area contributed by atoms with Crippen molar-refractivity contribution in [3.05, 3.63) is 18.1 Å². The Morgan fingerprint density at radius 3 is 3.00 bits per heavy atom. The molecule has 4 nitrogen and oxygen atoms in total. The molecule has 1 aromatic heterocycles. The molecule has 0 aliphatic heterocycles. The summed E-state index contributed by atoms with van der Waals surface area (Å²) in [5, 5.41) is 12.3. The number of hydrogen-bond acceptors (Lipinski definition) is 4. The summed E-state index contributed by atoms with van der Waals surface area (Å²) in [4.78, 5) is 8.12. The van der Waals surface area contributed by atoms with Crippen LogP contribution in [0.1, 0.15) is 19.2 Å². The molecule has 0 saturated heterocycles. The van der Waals surface area contributed by atoms with Crippen LogP contribution in [-0.2, 0) is 0 Å². The van der Waals surface area contributed by atoms with Crippen molar-refractivity contribution in [1.29, 1.82) is 0 Å². The van der Waals surface area contributed by atoms with Crippen LogP contribution in [0.4, 0.5) is 5.82 Å². The standard InChI is InChI=1S/C9H15N3O/c1-3-8(13)6-11-9-4-5-10-7(2)12-9/h4-5,8,13H,3,6H2,1-2H3,(H,10,11,12). The van der Waals surface area contributed by atoms with Crippen molar-refractivity contribution >= 4 is 5.82 Å². The first-order chi connectivity index (χ1) is 6.22. The third kappa shape index (κ3) is 3.38. The minimum atomic E-state index is -0.310. The van der Waals surface area contributed by atoms with E-state index < -0.39 is 0 Å². The van der Waals surface area contributed by atoms with Crippen molar-refractivity contribution in [3.63, 3.8) is 0 Å². The van der Waals surface area contributed by atoms with E-state index in [0.717, 1.165) is 18.1 Å². The third-order valence-corrected chi connectivity index (χ3v) is 1.77. The topological polar surface area (TPSA) is 58.0 Å². The fourth-order valence-electron chi connectivity index (χ4n) is 0.921. The van der Waals surface area contributed by atoms with Crippen LogP contribution in [0.5, 0.6) is 0 Å². The molecule has 0 aliphatic carbocycles. The largest absolute Gasteiger partial charge is 0.391 e. The van der Waals surface area contributed by atoms with Gasteiger partial charge in [-0.1, -0.05) is 6.92 Å². The van der Waals surface area contributed by atoms with Gasteiger partial charge in [0, 0.05) is 12.7 Å². The Hall–Kier alpha value is -1.16. The molecular weight excluding hydrogens is 166 g/mol. The van der Waals surface area contributed by atoms with Crippen molar-refractivity contribution < 1.29 is 5.11 Å². The molecule has 0 amide bonds. The highest BCUT2D eigenvalue weighted by Crippen LogP contribution is 2.01. The number of aromatic nitrogens is 2. The number of aryl methyl sites for hydroxylation is 1. The Morgan fingerprint density at radius 1 is 1.62 bits per heavy atom. The lowest BCUT2D eigenvalue weighted by molar-refractivity contribution is 0.183. The van der Waals surface area contributed by atoms with Gasteiger partial charge in [0.15, 0.2) is 0 Å². The summed E-state index contributed by atoms with van der Waals surface area (Å²) in [6.07, 6.45) is 2.13. The summed E-state index contributed by atoms with van der Waals surface area (Å²) >= 11 is 0. The van der Waals surface area contributed by atoms with Crippen molar-refractivity contribution in [2.75, 3.05) is 11.9 Å². The highest BCUT2D eigenvalue weighted by atomic mass is 16.3. The number of rotatable bonds is 4. The summed E-state index contributed by atoms with van der Waals surface area (Å²) in [7, 11) is 0. The average molecular weight is 181 g/mol. The second-order valence-electron chi connectivity index (χ2n) is 2.93. The van der Waals surface area contributed by atoms with Gasteiger partial charge in [-0.25, -0.2) is 9.97 Å². The fourth-order valence-corrected chi connectivity index (χ4v) is 0.921. The maximum absolute atomic E-state index is 9.28. The monoisotopic (exact) mass is 181 g/mol. The zero-order chi connectivity index (χ0) is 9.68. The lowest BCUT2D eigenvalue weighted by atomic mass is 10.3. The SMILES string of the molecule is CCC(O)CNc1ccnc(C)n1. The minimum absolute atomic E-state index is 0.310. The van der Waals surface area contributed by atoms with Gasteiger partial charge in [0.2, 0.25) is 0 Å². The molecule has 0 bridgehead atoms. The predicted molar refractivity (Wildman–Crippen MR) is 51.6 cm³/mol. The Morgan fingerprint density at radius 2 is 2.38 bits per heavy atom. The van der Waals surface area contributed by atoms with E-state index >= 15 is 0 Å². The van der Waals surface area contributed by atoms with E-state index in [-0.39, 0.29) is 6.10 Å². The molecular formula is C9H15N3O. The third-order valence-electron chi connectivity index (χ3n) is 1.77. The van der Waals surface area contributed by atoms with E-state index in [1.807, 2.05) is 13.8 Å². The van der Waals surface area contributed by atoms with Gasteiger partial charge in [0.05, 0.1) is 6.10 Å². The van der Waals surface area contributed by atoms with Gasteiger partial charge in [0.1, 0.15) is 11.6 Å². The van der Waals surface area contributed by atoms with Gasteiger partial charge in [-0.2, -0.15) is 0 Å². The van der Waals surface area contributed by atoms with Crippen LogP contribution in [0, 0.1) is 6.92 Å². The molecule has 13 heavy (non-hydrogen) atoms. The molecule has 1 unspecified atom stereocenters. The van der Waals surface area contributed by atoms with Crippen molar-refractivity contribution in [1.82, 2.24) is 9.97 Å². The number of nitrogens with one attached hydrogen (secondary N) is 1. The Bertz CT molecular complexity index is 265. The smallest absolute Gasteiger partial charge is 0.129 e. The van der Waals surface area contributed by atoms with E-state index in [9.17, 15) is 5.11 Å². The van der Waals surface area contributed by atoms with Crippen molar-refractivity contribution in [2.24, 2.45) is 0 Å². The Balaban J connectivity index is 2.45. The summed E-state index contributed by atoms with van der Waals surface area (Å²) in [5.41, 5.74) is 0. The minimum Gasteiger partial charge on any atom is -0.391 e. The highest BCUT2D eigenvalue weighted by Gasteiger charge is 2.00. The van der Waals surface area contributed by atoms with Gasteiger partial charge < -0.3 is 10.4 Å². The van der Waals surface area contributed by atoms with Crippen LogP contribution in [-0.4, -0.2) is 27.7 Å². The number of nitrogens with zero attached hydrogens (tertiary/aromatic N) is 2. The molecule has 4 heteroatoms. The maximum Gasteiger partial charge on any atom is 0.129 e. The number of anilines is 1. The fraction of sp³-hybridized carbons (Fsp3) is 0.556. The lowest BCUT2D eigenvalue weighted by Crippen LogP contribution is -2.18. The molecule has 0 aliphatic rings. The summed E-state index contributed by atoms with van der Waals surface area (Å²) in [6.45, 7) is 4.31. The summed E-state index contributed by atoms with van der Waals surface area (Å²) < 4.78 is 0. The van der Waals surface area contributed by atoms with Crippen LogP contribution in [0.15, 0.2) is 12.3 Å². The van der Waals surface area contributed by atoms with Gasteiger partial charge >= 0.3 is 0 Å². The van der Waals surface area contributed by atoms with E-state index in [1.165, 1.54) is 0 Å². The molecule has 1 aromatic rings.